The maximum atomic E-state index is 2.63. The predicted molar refractivity (Wildman–Crippen MR) is 364 cm³/mol. The van der Waals surface area contributed by atoms with Gasteiger partial charge in [-0.05, 0) is 152 Å². The van der Waals surface area contributed by atoms with Gasteiger partial charge in [0.2, 0.25) is 0 Å². The first-order chi connectivity index (χ1) is 41.8. The van der Waals surface area contributed by atoms with Crippen molar-refractivity contribution in [3.05, 3.63) is 309 Å². The molecule has 0 radical (unpaired) electrons. The van der Waals surface area contributed by atoms with Gasteiger partial charge in [-0.2, -0.15) is 0 Å². The average Bonchev–Trinajstić information content (AvgIpc) is 1.10. The van der Waals surface area contributed by atoms with Gasteiger partial charge >= 0.3 is 0 Å². The molecular formula is C82H59BN2. The fourth-order valence-corrected chi connectivity index (χ4v) is 14.0. The Morgan fingerprint density at radius 1 is 0.259 bits per heavy atom. The number of hydrogen-bond donors (Lipinski definition) is 0. The molecule has 2 nitrogen and oxygen atoms in total. The Morgan fingerprint density at radius 3 is 1.26 bits per heavy atom. The fraction of sp³-hybridized carbons (Fsp3) is 0.0488. The number of benzene rings is 14. The molecule has 2 heterocycles. The van der Waals surface area contributed by atoms with E-state index < -0.39 is 0 Å². The number of rotatable bonds is 8. The maximum absolute atomic E-state index is 2.63. The number of nitrogens with zero attached hydrogens (tertiary/aromatic N) is 2. The summed E-state index contributed by atoms with van der Waals surface area (Å²) >= 11 is 0. The summed E-state index contributed by atoms with van der Waals surface area (Å²) in [5.74, 6) is 0. The minimum atomic E-state index is -0.203. The Morgan fingerprint density at radius 2 is 0.682 bits per heavy atom. The Hall–Kier alpha value is -10.5. The first-order valence-electron chi connectivity index (χ1n) is 29.8. The molecule has 400 valence electrons. The standard InChI is InChI=1S/C82H59BN2/c1-82(2,3)62-52-77-81-78(53-62)85(74-41-22-20-34-66(74)57-28-11-6-12-29-57)76-51-61(46-48-71(76)83(81)72-50-60(54-24-7-4-8-25-54)47-49-75(72)84(77)73-40-21-19-33-65(73)56-26-9-5-10-27-56)80-69-37-17-15-35-67(69)79(68-36-16-18-38-70(68)80)59-44-42-58(43-45-59)64-39-23-31-55-30-13-14-32-63(55)64/h4-53H,1-3H3. The van der Waals surface area contributed by atoms with Crippen LogP contribution in [0.25, 0.3) is 99.1 Å². The van der Waals surface area contributed by atoms with E-state index in [2.05, 4.69) is 334 Å². The minimum Gasteiger partial charge on any atom is -0.311 e. The molecule has 0 atom stereocenters. The average molecular weight is 1080 g/mol. The number of hydrogen-bond acceptors (Lipinski definition) is 2. The third kappa shape index (κ3) is 8.33. The molecule has 2 aliphatic heterocycles. The highest BCUT2D eigenvalue weighted by Crippen LogP contribution is 2.52. The molecule has 2 aliphatic rings. The summed E-state index contributed by atoms with van der Waals surface area (Å²) < 4.78 is 0. The van der Waals surface area contributed by atoms with E-state index in [0.717, 1.165) is 11.4 Å². The van der Waals surface area contributed by atoms with E-state index >= 15 is 0 Å². The summed E-state index contributed by atoms with van der Waals surface area (Å²) in [4.78, 5) is 5.23. The summed E-state index contributed by atoms with van der Waals surface area (Å²) in [6, 6.07) is 113. The van der Waals surface area contributed by atoms with Gasteiger partial charge < -0.3 is 9.80 Å². The molecule has 0 fully saturated rings. The first kappa shape index (κ1) is 50.3. The van der Waals surface area contributed by atoms with Crippen molar-refractivity contribution in [2.24, 2.45) is 0 Å². The van der Waals surface area contributed by atoms with Crippen molar-refractivity contribution < 1.29 is 0 Å². The largest absolute Gasteiger partial charge is 0.311 e. The van der Waals surface area contributed by atoms with Crippen LogP contribution >= 0.6 is 0 Å². The first-order valence-corrected chi connectivity index (χ1v) is 29.8. The predicted octanol–water partition coefficient (Wildman–Crippen LogP) is 20.5. The SMILES string of the molecule is CC(C)(C)c1cc2c3c(c1)N(c1ccccc1-c1ccccc1)c1cc(-c4c5ccccc5c(-c5ccc(-c6cccc7ccccc67)cc5)c5ccccc45)ccc1B3c1cc(-c3ccccc3)ccc1N2c1ccccc1-c1ccccc1. The second-order valence-electron chi connectivity index (χ2n) is 23.9. The number of para-hydroxylation sites is 2. The lowest BCUT2D eigenvalue weighted by Crippen LogP contribution is -2.61. The van der Waals surface area contributed by atoms with E-state index in [9.17, 15) is 0 Å². The quantitative estimate of drug-likeness (QED) is 0.111. The topological polar surface area (TPSA) is 6.48 Å². The van der Waals surface area contributed by atoms with Crippen LogP contribution < -0.4 is 26.2 Å². The molecule has 0 N–H and O–H groups in total. The van der Waals surface area contributed by atoms with E-state index in [1.165, 1.54) is 144 Å². The molecule has 0 aliphatic carbocycles. The Balaban J connectivity index is 0.971. The van der Waals surface area contributed by atoms with Gasteiger partial charge in [0.25, 0.3) is 6.71 Å². The van der Waals surface area contributed by atoms with Gasteiger partial charge in [-0.15, -0.1) is 0 Å². The van der Waals surface area contributed by atoms with Gasteiger partial charge in [-0.1, -0.05) is 288 Å². The Kier molecular flexibility index (Phi) is 11.9. The van der Waals surface area contributed by atoms with Crippen LogP contribution in [0.1, 0.15) is 26.3 Å². The van der Waals surface area contributed by atoms with Crippen LogP contribution in [0.5, 0.6) is 0 Å². The molecular weight excluding hydrogens is 1020 g/mol. The van der Waals surface area contributed by atoms with Crippen molar-refractivity contribution in [1.82, 2.24) is 0 Å². The third-order valence-electron chi connectivity index (χ3n) is 18.0. The molecule has 14 aromatic rings. The van der Waals surface area contributed by atoms with Crippen LogP contribution in [-0.4, -0.2) is 6.71 Å². The fourth-order valence-electron chi connectivity index (χ4n) is 14.0. The van der Waals surface area contributed by atoms with Crippen molar-refractivity contribution in [2.75, 3.05) is 9.80 Å². The van der Waals surface area contributed by atoms with Crippen LogP contribution in [0.2, 0.25) is 0 Å². The van der Waals surface area contributed by atoms with Crippen LogP contribution in [0.4, 0.5) is 34.1 Å². The van der Waals surface area contributed by atoms with E-state index in [1.54, 1.807) is 0 Å². The summed E-state index contributed by atoms with van der Waals surface area (Å²) in [7, 11) is 0. The van der Waals surface area contributed by atoms with Gasteiger partial charge in [0.15, 0.2) is 0 Å². The summed E-state index contributed by atoms with van der Waals surface area (Å²) in [5.41, 5.74) is 26.4. The molecule has 0 unspecified atom stereocenters. The monoisotopic (exact) mass is 1080 g/mol. The zero-order chi connectivity index (χ0) is 56.8. The van der Waals surface area contributed by atoms with Gasteiger partial charge in [0, 0.05) is 33.9 Å². The molecule has 0 aromatic heterocycles. The minimum absolute atomic E-state index is 0.116. The lowest BCUT2D eigenvalue weighted by molar-refractivity contribution is 0.590. The van der Waals surface area contributed by atoms with E-state index in [4.69, 9.17) is 0 Å². The molecule has 0 bridgehead atoms. The van der Waals surface area contributed by atoms with Crippen LogP contribution in [0.3, 0.4) is 0 Å². The van der Waals surface area contributed by atoms with E-state index in [1.807, 2.05) is 0 Å². The second-order valence-corrected chi connectivity index (χ2v) is 23.9. The summed E-state index contributed by atoms with van der Waals surface area (Å²) in [6.45, 7) is 6.97. The molecule has 85 heavy (non-hydrogen) atoms. The van der Waals surface area contributed by atoms with Crippen molar-refractivity contribution >= 4 is 89.5 Å². The van der Waals surface area contributed by atoms with Gasteiger partial charge in [0.1, 0.15) is 0 Å². The van der Waals surface area contributed by atoms with Gasteiger partial charge in [0.05, 0.1) is 11.4 Å². The van der Waals surface area contributed by atoms with Crippen LogP contribution in [0.15, 0.2) is 303 Å². The highest BCUT2D eigenvalue weighted by Gasteiger charge is 2.45. The molecule has 0 spiro atoms. The van der Waals surface area contributed by atoms with Crippen molar-refractivity contribution in [1.29, 1.82) is 0 Å². The van der Waals surface area contributed by atoms with Crippen molar-refractivity contribution in [3.63, 3.8) is 0 Å². The molecule has 14 aromatic carbocycles. The lowest BCUT2D eigenvalue weighted by atomic mass is 9.33. The molecule has 16 rings (SSSR count). The Labute approximate surface area is 498 Å². The zero-order valence-corrected chi connectivity index (χ0v) is 47.8. The second kappa shape index (κ2) is 20.2. The maximum Gasteiger partial charge on any atom is 0.252 e. The van der Waals surface area contributed by atoms with Crippen molar-refractivity contribution in [3.8, 4) is 66.8 Å². The van der Waals surface area contributed by atoms with Crippen LogP contribution in [-0.2, 0) is 5.41 Å². The molecule has 0 saturated heterocycles. The summed E-state index contributed by atoms with van der Waals surface area (Å²) in [6.07, 6.45) is 0. The molecule has 0 saturated carbocycles. The summed E-state index contributed by atoms with van der Waals surface area (Å²) in [5, 5.41) is 7.42. The van der Waals surface area contributed by atoms with E-state index in [0.29, 0.717) is 0 Å². The normalized spacial score (nSPS) is 12.6. The Bertz CT molecular complexity index is 4860. The number of fused-ring (bicyclic) bond motifs is 7. The lowest BCUT2D eigenvalue weighted by Gasteiger charge is -2.46. The third-order valence-corrected chi connectivity index (χ3v) is 18.0. The highest BCUT2D eigenvalue weighted by molar-refractivity contribution is 7.00. The molecule has 3 heteroatoms. The van der Waals surface area contributed by atoms with Crippen molar-refractivity contribution in [2.45, 2.75) is 26.2 Å². The smallest absolute Gasteiger partial charge is 0.252 e. The van der Waals surface area contributed by atoms with Crippen LogP contribution in [0, 0.1) is 0 Å². The van der Waals surface area contributed by atoms with E-state index in [-0.39, 0.29) is 12.1 Å². The molecule has 0 amide bonds. The zero-order valence-electron chi connectivity index (χ0n) is 47.8. The van der Waals surface area contributed by atoms with Gasteiger partial charge in [-0.25, -0.2) is 0 Å². The van der Waals surface area contributed by atoms with Gasteiger partial charge in [-0.3, -0.25) is 0 Å². The number of anilines is 6. The highest BCUT2D eigenvalue weighted by atomic mass is 15.2.